The molecule has 0 radical (unpaired) electrons. The zero-order valence-corrected chi connectivity index (χ0v) is 16.1. The van der Waals surface area contributed by atoms with Crippen molar-refractivity contribution < 1.29 is 45.9 Å². The molecule has 8 nitrogen and oxygen atoms in total. The Balaban J connectivity index is 6.05. The molecule has 12 heteroatoms. The van der Waals surface area contributed by atoms with Crippen LogP contribution in [0.2, 0.25) is 18.1 Å². The number of hydrogen-bond donors (Lipinski definition) is 3. The molecule has 0 saturated heterocycles. The molecule has 0 aromatic rings. The Labute approximate surface area is 140 Å². The van der Waals surface area contributed by atoms with Gasteiger partial charge in [-0.1, -0.05) is 20.8 Å². The highest BCUT2D eigenvalue weighted by Crippen LogP contribution is 2.44. The first kappa shape index (κ1) is 23.3. The molecule has 3 N–H and O–H groups in total. The molecule has 0 fully saturated rings. The topological polar surface area (TPSA) is 130 Å². The summed E-state index contributed by atoms with van der Waals surface area (Å²) in [6.07, 6.45) is -2.23. The van der Waals surface area contributed by atoms with Crippen LogP contribution in [0, 0.1) is 0 Å². The van der Waals surface area contributed by atoms with E-state index in [1.807, 2.05) is 0 Å². The van der Waals surface area contributed by atoms with E-state index < -0.39 is 53.9 Å². The van der Waals surface area contributed by atoms with Gasteiger partial charge in [-0.2, -0.15) is 17.2 Å². The van der Waals surface area contributed by atoms with Crippen LogP contribution in [0.15, 0.2) is 0 Å². The zero-order chi connectivity index (χ0) is 19.8. The smallest absolute Gasteiger partial charge is 0.393 e. The molecule has 2 atom stereocenters. The molecular weight excluding hydrogens is 370 g/mol. The fraction of sp³-hybridized carbons (Fsp3) is 0.917. The molecule has 24 heavy (non-hydrogen) atoms. The van der Waals surface area contributed by atoms with Gasteiger partial charge in [0.25, 0.3) is 5.79 Å². The van der Waals surface area contributed by atoms with Gasteiger partial charge in [-0.05, 0) is 18.1 Å². The number of hydrogen-bond acceptors (Lipinski definition) is 8. The Bertz CT molecular complexity index is 572. The minimum atomic E-state index is -4.96. The molecule has 144 valence electrons. The number of alkyl halides is 2. The second-order valence-corrected chi connectivity index (χ2v) is 13.2. The van der Waals surface area contributed by atoms with Crippen molar-refractivity contribution in [3.05, 3.63) is 0 Å². The third-order valence-electron chi connectivity index (χ3n) is 3.77. The molecule has 0 aliphatic rings. The first-order valence-corrected chi connectivity index (χ1v) is 11.6. The molecule has 0 rings (SSSR count). The van der Waals surface area contributed by atoms with Gasteiger partial charge >= 0.3 is 22.0 Å². The van der Waals surface area contributed by atoms with E-state index in [1.165, 1.54) is 13.1 Å². The van der Waals surface area contributed by atoms with Crippen LogP contribution in [-0.2, 0) is 23.5 Å². The Morgan fingerprint density at radius 2 is 1.67 bits per heavy atom. The summed E-state index contributed by atoms with van der Waals surface area (Å²) in [4.78, 5) is 11.5. The maximum atomic E-state index is 14.4. The van der Waals surface area contributed by atoms with Gasteiger partial charge in [0.15, 0.2) is 8.32 Å². The van der Waals surface area contributed by atoms with Crippen LogP contribution in [0.25, 0.3) is 0 Å². The normalized spacial score (nSPS) is 18.0. The van der Waals surface area contributed by atoms with E-state index in [-0.39, 0.29) is 0 Å². The Morgan fingerprint density at radius 1 is 1.25 bits per heavy atom. The highest BCUT2D eigenvalue weighted by atomic mass is 32.2. The fourth-order valence-corrected chi connectivity index (χ4v) is 3.07. The van der Waals surface area contributed by atoms with Gasteiger partial charge in [0.1, 0.15) is 6.10 Å². The average Bonchev–Trinajstić information content (AvgIpc) is 2.33. The van der Waals surface area contributed by atoms with Crippen molar-refractivity contribution >= 4 is 24.4 Å². The number of halogens is 2. The van der Waals surface area contributed by atoms with Gasteiger partial charge in [0.05, 0.1) is 12.9 Å². The summed E-state index contributed by atoms with van der Waals surface area (Å²) in [5, 5.41) is 28.1. The summed E-state index contributed by atoms with van der Waals surface area (Å²) < 4.78 is 59.3. The van der Waals surface area contributed by atoms with Crippen molar-refractivity contribution in [2.45, 2.75) is 56.7 Å². The van der Waals surface area contributed by atoms with Crippen molar-refractivity contribution in [2.24, 2.45) is 0 Å². The lowest BCUT2D eigenvalue weighted by Gasteiger charge is -2.46. The van der Waals surface area contributed by atoms with Gasteiger partial charge in [0, 0.05) is 0 Å². The maximum Gasteiger partial charge on any atom is 0.398 e. The van der Waals surface area contributed by atoms with Crippen molar-refractivity contribution in [3.8, 4) is 0 Å². The van der Waals surface area contributed by atoms with Crippen LogP contribution >= 0.6 is 0 Å². The van der Waals surface area contributed by atoms with E-state index in [0.29, 0.717) is 6.26 Å². The molecular formula is C12H24F2O8SSi. The van der Waals surface area contributed by atoms with E-state index in [0.717, 1.165) is 0 Å². The second kappa shape index (κ2) is 6.92. The van der Waals surface area contributed by atoms with Crippen LogP contribution in [0.5, 0.6) is 0 Å². The highest BCUT2D eigenvalue weighted by molar-refractivity contribution is 7.86. The fourth-order valence-electron chi connectivity index (χ4n) is 1.34. The Hall–Kier alpha value is -0.663. The van der Waals surface area contributed by atoms with Gasteiger partial charge in [-0.15, -0.1) is 0 Å². The van der Waals surface area contributed by atoms with Crippen molar-refractivity contribution in [1.82, 2.24) is 0 Å². The lowest BCUT2D eigenvalue weighted by atomic mass is 10.0. The standard InChI is InChI=1S/C12H24F2O8SSi/c1-10(2,3)24(5,6)22-12(18,8(16)7-15)11(13,14)9(17)21-23(4,19)20/h8,15-16,18H,7H2,1-6H3/t8-,12+/m1/s1. The average molecular weight is 394 g/mol. The lowest BCUT2D eigenvalue weighted by Crippen LogP contribution is -2.67. The summed E-state index contributed by atoms with van der Waals surface area (Å²) in [7, 11) is -7.79. The van der Waals surface area contributed by atoms with Crippen molar-refractivity contribution in [1.29, 1.82) is 0 Å². The van der Waals surface area contributed by atoms with Crippen LogP contribution in [0.3, 0.4) is 0 Å². The predicted octanol–water partition coefficient (Wildman–Crippen LogP) is 0.188. The van der Waals surface area contributed by atoms with E-state index >= 15 is 0 Å². The minimum Gasteiger partial charge on any atom is -0.393 e. The number of aliphatic hydroxyl groups is 3. The monoisotopic (exact) mass is 394 g/mol. The molecule has 0 heterocycles. The third kappa shape index (κ3) is 4.92. The van der Waals surface area contributed by atoms with E-state index in [1.54, 1.807) is 20.8 Å². The molecule has 0 aliphatic carbocycles. The highest BCUT2D eigenvalue weighted by Gasteiger charge is 2.67. The van der Waals surface area contributed by atoms with Crippen LogP contribution in [-0.4, -0.2) is 68.7 Å². The second-order valence-electron chi connectivity index (χ2n) is 6.91. The van der Waals surface area contributed by atoms with E-state index in [9.17, 15) is 32.2 Å². The summed E-state index contributed by atoms with van der Waals surface area (Å²) >= 11 is 0. The van der Waals surface area contributed by atoms with Crippen LogP contribution in [0.4, 0.5) is 8.78 Å². The van der Waals surface area contributed by atoms with E-state index in [4.69, 9.17) is 9.53 Å². The summed E-state index contributed by atoms with van der Waals surface area (Å²) in [5.41, 5.74) is 0. The maximum absolute atomic E-state index is 14.4. The number of aliphatic hydroxyl groups excluding tert-OH is 2. The first-order valence-electron chi connectivity index (χ1n) is 6.85. The van der Waals surface area contributed by atoms with Gasteiger partial charge in [-0.3, -0.25) is 0 Å². The van der Waals surface area contributed by atoms with E-state index in [2.05, 4.69) is 4.18 Å². The molecule has 0 aromatic heterocycles. The molecule has 0 aliphatic heterocycles. The molecule has 0 saturated carbocycles. The van der Waals surface area contributed by atoms with Crippen LogP contribution < -0.4 is 0 Å². The largest absolute Gasteiger partial charge is 0.398 e. The number of carbonyl (C=O) groups is 1. The lowest BCUT2D eigenvalue weighted by molar-refractivity contribution is -0.318. The molecule has 0 unspecified atom stereocenters. The molecule has 0 aromatic carbocycles. The SMILES string of the molecule is CC(C)(C)[Si](C)(C)O[C@@](O)([C@H](O)CO)C(F)(F)C(=O)OS(C)(=O)=O. The molecule has 0 spiro atoms. The third-order valence-corrected chi connectivity index (χ3v) is 8.66. The van der Waals surface area contributed by atoms with Crippen LogP contribution in [0.1, 0.15) is 20.8 Å². The number of rotatable bonds is 7. The van der Waals surface area contributed by atoms with Crippen molar-refractivity contribution in [3.63, 3.8) is 0 Å². The van der Waals surface area contributed by atoms with Gasteiger partial charge < -0.3 is 23.9 Å². The predicted molar refractivity (Wildman–Crippen MR) is 82.2 cm³/mol. The number of carbonyl (C=O) groups excluding carboxylic acids is 1. The Kier molecular flexibility index (Phi) is 6.73. The zero-order valence-electron chi connectivity index (χ0n) is 14.3. The van der Waals surface area contributed by atoms with Crippen molar-refractivity contribution in [2.75, 3.05) is 12.9 Å². The summed E-state index contributed by atoms with van der Waals surface area (Å²) in [6, 6.07) is 0. The molecule has 0 amide bonds. The molecule has 0 bridgehead atoms. The summed E-state index contributed by atoms with van der Waals surface area (Å²) in [6.45, 7) is 6.43. The quantitative estimate of drug-likeness (QED) is 0.317. The minimum absolute atomic E-state index is 0.358. The first-order chi connectivity index (χ1) is 10.3. The van der Waals surface area contributed by atoms with Gasteiger partial charge in [-0.25, -0.2) is 4.79 Å². The Morgan fingerprint density at radius 3 is 1.96 bits per heavy atom. The van der Waals surface area contributed by atoms with Gasteiger partial charge in [0.2, 0.25) is 0 Å². The summed E-state index contributed by atoms with van der Waals surface area (Å²) in [5.74, 6) is -11.5.